The molecule has 4 nitrogen and oxygen atoms in total. The van der Waals surface area contributed by atoms with E-state index in [1.54, 1.807) is 0 Å². The molecule has 1 aromatic carbocycles. The number of hydrogen-bond acceptors (Lipinski definition) is 3. The van der Waals surface area contributed by atoms with Crippen LogP contribution in [0.25, 0.3) is 11.1 Å². The molecule has 110 valence electrons. The lowest BCUT2D eigenvalue weighted by Gasteiger charge is -2.12. The topological polar surface area (TPSA) is 76.2 Å². The van der Waals surface area contributed by atoms with Gasteiger partial charge >= 0.3 is 12.1 Å². The van der Waals surface area contributed by atoms with Crippen molar-refractivity contribution in [1.82, 2.24) is 4.98 Å². The molecular formula is C13H8F4N2O2. The molecule has 1 aromatic heterocycles. The number of carboxylic acids is 1. The minimum absolute atomic E-state index is 0.136. The van der Waals surface area contributed by atoms with E-state index in [1.807, 2.05) is 0 Å². The van der Waals surface area contributed by atoms with Gasteiger partial charge in [0.05, 0.1) is 5.56 Å². The van der Waals surface area contributed by atoms with E-state index in [9.17, 15) is 22.4 Å². The number of benzene rings is 1. The Kier molecular flexibility index (Phi) is 3.54. The lowest BCUT2D eigenvalue weighted by molar-refractivity contribution is -0.139. The molecule has 0 radical (unpaired) electrons. The Morgan fingerprint density at radius 1 is 1.14 bits per heavy atom. The first-order valence-corrected chi connectivity index (χ1v) is 5.57. The predicted octanol–water partition coefficient (Wildman–Crippen LogP) is 3.19. The Hall–Kier alpha value is -2.64. The summed E-state index contributed by atoms with van der Waals surface area (Å²) in [6, 6.07) is 4.91. The van der Waals surface area contributed by atoms with Crippen LogP contribution in [-0.2, 0) is 6.18 Å². The monoisotopic (exact) mass is 300 g/mol. The maximum Gasteiger partial charge on any atom is 0.419 e. The van der Waals surface area contributed by atoms with E-state index in [2.05, 4.69) is 4.98 Å². The standard InChI is InChI=1S/C13H8F4N2O2/c14-10-6(2-1-3-8(10)13(15,16)17)7-4-5-9(18)19-11(7)12(20)21/h1-5H,(H2,18,19)(H,20,21). The summed E-state index contributed by atoms with van der Waals surface area (Å²) in [4.78, 5) is 14.6. The van der Waals surface area contributed by atoms with E-state index >= 15 is 0 Å². The second-order valence-electron chi connectivity index (χ2n) is 4.10. The molecule has 2 aromatic rings. The third kappa shape index (κ3) is 2.78. The van der Waals surface area contributed by atoms with Crippen LogP contribution in [0.1, 0.15) is 16.1 Å². The van der Waals surface area contributed by atoms with Gasteiger partial charge in [-0.05, 0) is 18.2 Å². The van der Waals surface area contributed by atoms with Crippen molar-refractivity contribution in [3.63, 3.8) is 0 Å². The Morgan fingerprint density at radius 3 is 2.38 bits per heavy atom. The van der Waals surface area contributed by atoms with Crippen molar-refractivity contribution in [2.45, 2.75) is 6.18 Å². The van der Waals surface area contributed by atoms with Crippen LogP contribution in [0, 0.1) is 5.82 Å². The molecule has 8 heteroatoms. The van der Waals surface area contributed by atoms with Gasteiger partial charge < -0.3 is 10.8 Å². The minimum Gasteiger partial charge on any atom is -0.476 e. The van der Waals surface area contributed by atoms with Gasteiger partial charge in [0, 0.05) is 11.1 Å². The summed E-state index contributed by atoms with van der Waals surface area (Å²) < 4.78 is 52.1. The van der Waals surface area contributed by atoms with Crippen LogP contribution in [0.3, 0.4) is 0 Å². The summed E-state index contributed by atoms with van der Waals surface area (Å²) in [5.74, 6) is -3.21. The second-order valence-corrected chi connectivity index (χ2v) is 4.10. The van der Waals surface area contributed by atoms with E-state index in [0.717, 1.165) is 18.2 Å². The number of alkyl halides is 3. The molecule has 0 bridgehead atoms. The molecule has 1 heterocycles. The van der Waals surface area contributed by atoms with Crippen LogP contribution in [0.5, 0.6) is 0 Å². The summed E-state index contributed by atoms with van der Waals surface area (Å²) in [6.45, 7) is 0. The molecule has 0 aliphatic carbocycles. The molecule has 0 aliphatic heterocycles. The summed E-state index contributed by atoms with van der Waals surface area (Å²) >= 11 is 0. The van der Waals surface area contributed by atoms with Crippen LogP contribution in [0.2, 0.25) is 0 Å². The third-order valence-corrected chi connectivity index (χ3v) is 2.71. The van der Waals surface area contributed by atoms with Gasteiger partial charge in [0.2, 0.25) is 0 Å². The van der Waals surface area contributed by atoms with Crippen LogP contribution in [0.4, 0.5) is 23.4 Å². The van der Waals surface area contributed by atoms with Crippen molar-refractivity contribution < 1.29 is 27.5 Å². The molecule has 3 N–H and O–H groups in total. The van der Waals surface area contributed by atoms with E-state index in [4.69, 9.17) is 10.8 Å². The van der Waals surface area contributed by atoms with E-state index in [-0.39, 0.29) is 11.4 Å². The van der Waals surface area contributed by atoms with Crippen molar-refractivity contribution in [3.05, 3.63) is 47.4 Å². The SMILES string of the molecule is Nc1ccc(-c2cccc(C(F)(F)F)c2F)c(C(=O)O)n1. The second kappa shape index (κ2) is 5.04. The molecule has 0 saturated heterocycles. The number of carboxylic acid groups (broad SMARTS) is 1. The fraction of sp³-hybridized carbons (Fsp3) is 0.0769. The lowest BCUT2D eigenvalue weighted by Crippen LogP contribution is -2.10. The summed E-state index contributed by atoms with van der Waals surface area (Å²) in [7, 11) is 0. The van der Waals surface area contributed by atoms with Crippen LogP contribution in [-0.4, -0.2) is 16.1 Å². The van der Waals surface area contributed by atoms with Crippen LogP contribution < -0.4 is 5.73 Å². The summed E-state index contributed by atoms with van der Waals surface area (Å²) in [5, 5.41) is 9.01. The normalized spacial score (nSPS) is 11.4. The highest BCUT2D eigenvalue weighted by Gasteiger charge is 2.35. The van der Waals surface area contributed by atoms with Gasteiger partial charge in [0.1, 0.15) is 11.6 Å². The fourth-order valence-corrected chi connectivity index (χ4v) is 1.81. The Bertz CT molecular complexity index is 714. The summed E-state index contributed by atoms with van der Waals surface area (Å²) in [5.41, 5.74) is 2.45. The smallest absolute Gasteiger partial charge is 0.419 e. The fourth-order valence-electron chi connectivity index (χ4n) is 1.81. The minimum atomic E-state index is -4.88. The average Bonchev–Trinajstić information content (AvgIpc) is 2.38. The highest BCUT2D eigenvalue weighted by Crippen LogP contribution is 2.36. The van der Waals surface area contributed by atoms with E-state index < -0.39 is 34.8 Å². The highest BCUT2D eigenvalue weighted by molar-refractivity contribution is 5.94. The highest BCUT2D eigenvalue weighted by atomic mass is 19.4. The van der Waals surface area contributed by atoms with Gasteiger partial charge in [-0.2, -0.15) is 13.2 Å². The van der Waals surface area contributed by atoms with Gasteiger partial charge in [0.15, 0.2) is 5.69 Å². The first-order valence-electron chi connectivity index (χ1n) is 5.57. The molecular weight excluding hydrogens is 292 g/mol. The number of pyridine rings is 1. The van der Waals surface area contributed by atoms with Crippen molar-refractivity contribution in [3.8, 4) is 11.1 Å². The number of aromatic nitrogens is 1. The average molecular weight is 300 g/mol. The zero-order valence-electron chi connectivity index (χ0n) is 10.3. The molecule has 0 unspecified atom stereocenters. The number of carbonyl (C=O) groups is 1. The zero-order valence-corrected chi connectivity index (χ0v) is 10.3. The predicted molar refractivity (Wildman–Crippen MR) is 66.0 cm³/mol. The van der Waals surface area contributed by atoms with Gasteiger partial charge in [0.25, 0.3) is 0 Å². The number of halogens is 4. The van der Waals surface area contributed by atoms with Crippen LogP contribution >= 0.6 is 0 Å². The first kappa shape index (κ1) is 14.8. The van der Waals surface area contributed by atoms with Gasteiger partial charge in [-0.15, -0.1) is 0 Å². The quantitative estimate of drug-likeness (QED) is 0.835. The number of rotatable bonds is 2. The molecule has 2 rings (SSSR count). The van der Waals surface area contributed by atoms with Gasteiger partial charge in [-0.1, -0.05) is 12.1 Å². The molecule has 21 heavy (non-hydrogen) atoms. The molecule has 0 fully saturated rings. The van der Waals surface area contributed by atoms with E-state index in [0.29, 0.717) is 6.07 Å². The number of aromatic carboxylic acids is 1. The van der Waals surface area contributed by atoms with Crippen molar-refractivity contribution in [2.24, 2.45) is 0 Å². The van der Waals surface area contributed by atoms with Gasteiger partial charge in [-0.3, -0.25) is 0 Å². The number of nitrogen functional groups attached to an aromatic ring is 1. The molecule has 0 aliphatic rings. The van der Waals surface area contributed by atoms with Crippen molar-refractivity contribution in [2.75, 3.05) is 5.73 Å². The molecule has 0 atom stereocenters. The molecule has 0 spiro atoms. The molecule has 0 amide bonds. The number of anilines is 1. The first-order chi connectivity index (χ1) is 9.71. The number of hydrogen-bond donors (Lipinski definition) is 2. The maximum atomic E-state index is 14.0. The van der Waals surface area contributed by atoms with Crippen LogP contribution in [0.15, 0.2) is 30.3 Å². The maximum absolute atomic E-state index is 14.0. The zero-order chi connectivity index (χ0) is 15.8. The van der Waals surface area contributed by atoms with Crippen molar-refractivity contribution >= 4 is 11.8 Å². The summed E-state index contributed by atoms with van der Waals surface area (Å²) in [6.07, 6.45) is -4.88. The number of nitrogens with two attached hydrogens (primary N) is 1. The third-order valence-electron chi connectivity index (χ3n) is 2.71. The van der Waals surface area contributed by atoms with Crippen molar-refractivity contribution in [1.29, 1.82) is 0 Å². The lowest BCUT2D eigenvalue weighted by atomic mass is 10.00. The Morgan fingerprint density at radius 2 is 1.81 bits per heavy atom. The van der Waals surface area contributed by atoms with E-state index in [1.165, 1.54) is 6.07 Å². The van der Waals surface area contributed by atoms with Gasteiger partial charge in [-0.25, -0.2) is 14.2 Å². The Labute approximate surface area is 115 Å². The Balaban J connectivity index is 2.72. The molecule has 0 saturated carbocycles. The number of nitrogens with zero attached hydrogens (tertiary/aromatic N) is 1. The largest absolute Gasteiger partial charge is 0.476 e.